The Kier molecular flexibility index (Phi) is 8.37. The van der Waals surface area contributed by atoms with Crippen molar-refractivity contribution >= 4 is 34.9 Å². The molecule has 0 unspecified atom stereocenters. The van der Waals surface area contributed by atoms with Gasteiger partial charge in [-0.15, -0.1) is 0 Å². The molecule has 0 atom stereocenters. The van der Waals surface area contributed by atoms with Crippen molar-refractivity contribution in [3.8, 4) is 11.3 Å². The van der Waals surface area contributed by atoms with Gasteiger partial charge in [-0.05, 0) is 54.4 Å². The van der Waals surface area contributed by atoms with Crippen LogP contribution < -0.4 is 11.1 Å². The average Bonchev–Trinajstić information content (AvgIpc) is 3.09. The van der Waals surface area contributed by atoms with Crippen LogP contribution in [0, 0.1) is 17.6 Å². The number of aromatic nitrogens is 2. The molecule has 0 bridgehead atoms. The highest BCUT2D eigenvalue weighted by atomic mass is 35.5. The molecule has 2 heterocycles. The zero-order valence-corrected chi connectivity index (χ0v) is 23.4. The van der Waals surface area contributed by atoms with Gasteiger partial charge in [0.2, 0.25) is 5.95 Å². The van der Waals surface area contributed by atoms with E-state index in [0.29, 0.717) is 70.2 Å². The Morgan fingerprint density at radius 3 is 2.49 bits per heavy atom. The number of hydrogen-bond donors (Lipinski definition) is 2. The van der Waals surface area contributed by atoms with Crippen LogP contribution in [-0.4, -0.2) is 46.1 Å². The second-order valence-electron chi connectivity index (χ2n) is 10.2. The lowest BCUT2D eigenvalue weighted by Gasteiger charge is -2.24. The lowest BCUT2D eigenvalue weighted by molar-refractivity contribution is 0.0741. The van der Waals surface area contributed by atoms with Crippen molar-refractivity contribution in [2.24, 2.45) is 16.6 Å². The summed E-state index contributed by atoms with van der Waals surface area (Å²) in [5.41, 5.74) is 9.25. The van der Waals surface area contributed by atoms with Gasteiger partial charge >= 0.3 is 0 Å². The number of nitrogens with one attached hydrogen (secondary N) is 1. The molecule has 4 aromatic rings. The zero-order valence-electron chi connectivity index (χ0n) is 22.7. The van der Waals surface area contributed by atoms with Gasteiger partial charge in [0.05, 0.1) is 23.5 Å². The van der Waals surface area contributed by atoms with E-state index in [-0.39, 0.29) is 23.7 Å². The Labute approximate surface area is 242 Å². The van der Waals surface area contributed by atoms with Crippen molar-refractivity contribution < 1.29 is 13.6 Å². The third-order valence-corrected chi connectivity index (χ3v) is 6.86. The summed E-state index contributed by atoms with van der Waals surface area (Å²) in [5.74, 6) is -0.869. The molecule has 1 aliphatic rings. The molecule has 10 heteroatoms. The lowest BCUT2D eigenvalue weighted by atomic mass is 9.95. The summed E-state index contributed by atoms with van der Waals surface area (Å²) in [5, 5.41) is 3.58. The highest BCUT2D eigenvalue weighted by molar-refractivity contribution is 6.31. The van der Waals surface area contributed by atoms with Crippen LogP contribution in [-0.2, 0) is 6.54 Å². The smallest absolute Gasteiger partial charge is 0.253 e. The van der Waals surface area contributed by atoms with Gasteiger partial charge < -0.3 is 16.0 Å². The van der Waals surface area contributed by atoms with Crippen LogP contribution in [0.1, 0.15) is 40.9 Å². The second-order valence-corrected chi connectivity index (χ2v) is 10.6. The first-order chi connectivity index (χ1) is 19.7. The Morgan fingerprint density at radius 1 is 1.07 bits per heavy atom. The molecule has 3 N–H and O–H groups in total. The highest BCUT2D eigenvalue weighted by Gasteiger charge is 2.25. The molecule has 1 aromatic heterocycles. The van der Waals surface area contributed by atoms with Crippen LogP contribution >= 0.6 is 11.6 Å². The number of amides is 1. The standard InChI is InChI=1S/C31H29ClF2N6O/c1-18(2)17-40(13-12-35)30(41)19-6-9-22(10-7-19)38-31-37-16-20-15-36-29(27-25(33)4-3-5-26(27)34)24-14-21(32)8-11-23(24)28(20)39-31/h3-11,14,16,18H,12-13,15,17,35H2,1-2H3,(H,37,38,39). The first kappa shape index (κ1) is 28.3. The number of aliphatic imine (C=N–C) groups is 1. The number of nitrogens with two attached hydrogens (primary N) is 1. The fraction of sp³-hybridized carbons (Fsp3) is 0.226. The minimum atomic E-state index is -0.716. The summed E-state index contributed by atoms with van der Waals surface area (Å²) in [6.45, 7) is 5.75. The van der Waals surface area contributed by atoms with E-state index in [2.05, 4.69) is 29.1 Å². The van der Waals surface area contributed by atoms with Crippen molar-refractivity contribution in [3.05, 3.63) is 106 Å². The first-order valence-corrected chi connectivity index (χ1v) is 13.6. The minimum Gasteiger partial charge on any atom is -0.337 e. The molecule has 0 spiro atoms. The maximum absolute atomic E-state index is 14.8. The van der Waals surface area contributed by atoms with Crippen LogP contribution in [0.15, 0.2) is 71.9 Å². The van der Waals surface area contributed by atoms with E-state index in [9.17, 15) is 13.6 Å². The SMILES string of the molecule is CC(C)CN(CCN)C(=O)c1ccc(Nc2ncc3c(n2)-c2ccc(Cl)cc2C(c2c(F)cccc2F)=NC3)cc1. The summed E-state index contributed by atoms with van der Waals surface area (Å²) in [7, 11) is 0. The molecular formula is C31H29ClF2N6O. The fourth-order valence-corrected chi connectivity index (χ4v) is 4.97. The molecule has 0 radical (unpaired) electrons. The molecule has 1 amide bonds. The second kappa shape index (κ2) is 12.1. The number of fused-ring (bicyclic) bond motifs is 3. The predicted molar refractivity (Wildman–Crippen MR) is 158 cm³/mol. The largest absolute Gasteiger partial charge is 0.337 e. The van der Waals surface area contributed by atoms with E-state index in [1.54, 1.807) is 53.6 Å². The molecule has 0 saturated heterocycles. The van der Waals surface area contributed by atoms with E-state index in [0.717, 1.165) is 0 Å². The third-order valence-electron chi connectivity index (χ3n) is 6.62. The van der Waals surface area contributed by atoms with E-state index in [4.69, 9.17) is 22.3 Å². The number of halogens is 3. The average molecular weight is 575 g/mol. The van der Waals surface area contributed by atoms with Gasteiger partial charge in [-0.1, -0.05) is 37.6 Å². The number of nitrogens with zero attached hydrogens (tertiary/aromatic N) is 4. The van der Waals surface area contributed by atoms with Gasteiger partial charge in [0.15, 0.2) is 0 Å². The van der Waals surface area contributed by atoms with E-state index >= 15 is 0 Å². The van der Waals surface area contributed by atoms with E-state index < -0.39 is 11.6 Å². The van der Waals surface area contributed by atoms with Crippen LogP contribution in [0.25, 0.3) is 11.3 Å². The Balaban J connectivity index is 1.44. The summed E-state index contributed by atoms with van der Waals surface area (Å²) < 4.78 is 29.6. The maximum Gasteiger partial charge on any atom is 0.253 e. The third kappa shape index (κ3) is 6.11. The number of rotatable bonds is 8. The van der Waals surface area contributed by atoms with Gasteiger partial charge in [-0.25, -0.2) is 18.7 Å². The van der Waals surface area contributed by atoms with Crippen LogP contribution in [0.5, 0.6) is 0 Å². The fourth-order valence-electron chi connectivity index (χ4n) is 4.80. The summed E-state index contributed by atoms with van der Waals surface area (Å²) in [6, 6.07) is 15.9. The van der Waals surface area contributed by atoms with Gasteiger partial charge in [0.1, 0.15) is 11.6 Å². The number of carbonyl (C=O) groups excluding carboxylic acids is 1. The molecule has 7 nitrogen and oxygen atoms in total. The molecule has 0 saturated carbocycles. The van der Waals surface area contributed by atoms with E-state index in [1.165, 1.54) is 18.2 Å². The lowest BCUT2D eigenvalue weighted by Crippen LogP contribution is -2.37. The highest BCUT2D eigenvalue weighted by Crippen LogP contribution is 2.34. The molecule has 1 aliphatic heterocycles. The van der Waals surface area contributed by atoms with Gasteiger partial charge in [0.25, 0.3) is 5.91 Å². The molecule has 41 heavy (non-hydrogen) atoms. The Hall–Kier alpha value is -4.21. The van der Waals surface area contributed by atoms with Crippen LogP contribution in [0.4, 0.5) is 20.4 Å². The number of carbonyl (C=O) groups is 1. The number of benzene rings is 3. The molecule has 0 fully saturated rings. The quantitative estimate of drug-likeness (QED) is 0.260. The monoisotopic (exact) mass is 574 g/mol. The van der Waals surface area contributed by atoms with Crippen molar-refractivity contribution in [2.45, 2.75) is 20.4 Å². The number of anilines is 2. The van der Waals surface area contributed by atoms with Gasteiger partial charge in [0, 0.05) is 58.8 Å². The van der Waals surface area contributed by atoms with Crippen molar-refractivity contribution in [1.82, 2.24) is 14.9 Å². The maximum atomic E-state index is 14.8. The molecule has 210 valence electrons. The topological polar surface area (TPSA) is 96.5 Å². The van der Waals surface area contributed by atoms with Gasteiger partial charge in [-0.2, -0.15) is 0 Å². The van der Waals surface area contributed by atoms with Crippen LogP contribution in [0.3, 0.4) is 0 Å². The summed E-state index contributed by atoms with van der Waals surface area (Å²) in [4.78, 5) is 28.5. The summed E-state index contributed by atoms with van der Waals surface area (Å²) in [6.07, 6.45) is 1.64. The predicted octanol–water partition coefficient (Wildman–Crippen LogP) is 6.23. The van der Waals surface area contributed by atoms with Gasteiger partial charge in [-0.3, -0.25) is 9.79 Å². The zero-order chi connectivity index (χ0) is 29.1. The molecular weight excluding hydrogens is 546 g/mol. The molecule has 0 aliphatic carbocycles. The number of hydrogen-bond acceptors (Lipinski definition) is 6. The van der Waals surface area contributed by atoms with Crippen molar-refractivity contribution in [3.63, 3.8) is 0 Å². The first-order valence-electron chi connectivity index (χ1n) is 13.3. The van der Waals surface area contributed by atoms with Crippen molar-refractivity contribution in [1.29, 1.82) is 0 Å². The minimum absolute atomic E-state index is 0.0747. The van der Waals surface area contributed by atoms with Crippen molar-refractivity contribution in [2.75, 3.05) is 25.0 Å². The molecule has 3 aromatic carbocycles. The molecule has 5 rings (SSSR count). The normalized spacial score (nSPS) is 12.3. The Morgan fingerprint density at radius 2 is 1.80 bits per heavy atom. The Bertz CT molecular complexity index is 1600. The summed E-state index contributed by atoms with van der Waals surface area (Å²) >= 11 is 6.30. The van der Waals surface area contributed by atoms with E-state index in [1.807, 2.05) is 0 Å². The van der Waals surface area contributed by atoms with Crippen LogP contribution in [0.2, 0.25) is 5.02 Å².